The van der Waals surface area contributed by atoms with E-state index in [9.17, 15) is 9.90 Å². The monoisotopic (exact) mass is 389 g/mol. The lowest BCUT2D eigenvalue weighted by molar-refractivity contribution is 0.0841. The normalized spacial score (nSPS) is 14.1. The lowest BCUT2D eigenvalue weighted by Crippen LogP contribution is -2.42. The van der Waals surface area contributed by atoms with Crippen molar-refractivity contribution in [1.29, 1.82) is 0 Å². The molecule has 1 aromatic carbocycles. The molecule has 2 aromatic rings. The molecule has 148 valence electrons. The SMILES string of the molecule is CC.Cc1cncc(C(=O)NC[C@H](O)CN2CCc3ccccc3C2)c1.S. The number of β-amino-alcohol motifs (C(OH)–C–C–N with tert-alkyl or cyclic N) is 1. The third-order valence-corrected chi connectivity index (χ3v) is 4.31. The summed E-state index contributed by atoms with van der Waals surface area (Å²) in [4.78, 5) is 18.3. The standard InChI is InChI=1S/C19H23N3O2.C2H6.H2S/c1-14-8-17(10-20-9-14)19(24)21-11-18(23)13-22-7-6-15-4-2-3-5-16(15)12-22;1-2;/h2-5,8-10,18,23H,6-7,11-13H2,1H3,(H,21,24);1-2H3;1H2/t18-;;/m0../s1. The summed E-state index contributed by atoms with van der Waals surface area (Å²) in [6.07, 6.45) is 3.66. The molecule has 6 heteroatoms. The van der Waals surface area contributed by atoms with Crippen molar-refractivity contribution in [2.75, 3.05) is 19.6 Å². The molecule has 1 aromatic heterocycles. The molecule has 1 atom stereocenters. The molecule has 0 unspecified atom stereocenters. The van der Waals surface area contributed by atoms with Gasteiger partial charge in [-0.25, -0.2) is 0 Å². The second-order valence-electron chi connectivity index (χ2n) is 6.37. The third kappa shape index (κ3) is 6.97. The lowest BCUT2D eigenvalue weighted by atomic mass is 10.00. The van der Waals surface area contributed by atoms with Gasteiger partial charge in [-0.3, -0.25) is 14.7 Å². The Balaban J connectivity index is 0.00000118. The smallest absolute Gasteiger partial charge is 0.252 e. The predicted molar refractivity (Wildman–Crippen MR) is 114 cm³/mol. The average Bonchev–Trinajstić information content (AvgIpc) is 2.67. The van der Waals surface area contributed by atoms with E-state index in [-0.39, 0.29) is 25.9 Å². The number of aliphatic hydroxyl groups excluding tert-OH is 1. The van der Waals surface area contributed by atoms with Gasteiger partial charge in [0.15, 0.2) is 0 Å². The summed E-state index contributed by atoms with van der Waals surface area (Å²) in [7, 11) is 0. The summed E-state index contributed by atoms with van der Waals surface area (Å²) in [5, 5.41) is 13.0. The first-order chi connectivity index (χ1) is 12.6. The lowest BCUT2D eigenvalue weighted by Gasteiger charge is -2.30. The van der Waals surface area contributed by atoms with Crippen molar-refractivity contribution in [3.05, 3.63) is 65.0 Å². The van der Waals surface area contributed by atoms with E-state index in [2.05, 4.69) is 39.5 Å². The molecule has 5 nitrogen and oxygen atoms in total. The first kappa shape index (κ1) is 23.1. The number of hydrogen-bond acceptors (Lipinski definition) is 4. The summed E-state index contributed by atoms with van der Waals surface area (Å²) in [5.74, 6) is -0.200. The van der Waals surface area contributed by atoms with E-state index in [0.717, 1.165) is 25.1 Å². The van der Waals surface area contributed by atoms with Crippen molar-refractivity contribution >= 4 is 19.4 Å². The van der Waals surface area contributed by atoms with E-state index < -0.39 is 6.10 Å². The Hall–Kier alpha value is -1.89. The van der Waals surface area contributed by atoms with Crippen LogP contribution in [0.25, 0.3) is 0 Å². The van der Waals surface area contributed by atoms with Crippen LogP contribution in [-0.4, -0.2) is 46.6 Å². The summed E-state index contributed by atoms with van der Waals surface area (Å²) in [5.41, 5.74) is 4.18. The number of rotatable bonds is 5. The van der Waals surface area contributed by atoms with Gasteiger partial charge < -0.3 is 10.4 Å². The number of aromatic nitrogens is 1. The Morgan fingerprint density at radius 3 is 2.67 bits per heavy atom. The van der Waals surface area contributed by atoms with Crippen molar-refractivity contribution in [2.24, 2.45) is 0 Å². The van der Waals surface area contributed by atoms with E-state index in [1.165, 1.54) is 17.3 Å². The Labute approximate surface area is 169 Å². The van der Waals surface area contributed by atoms with Crippen LogP contribution in [0.1, 0.15) is 40.9 Å². The molecule has 2 heterocycles. The molecule has 1 aliphatic heterocycles. The highest BCUT2D eigenvalue weighted by Gasteiger charge is 2.18. The molecule has 3 rings (SSSR count). The van der Waals surface area contributed by atoms with Gasteiger partial charge in [0.05, 0.1) is 11.7 Å². The molecular weight excluding hydrogens is 358 g/mol. The first-order valence-corrected chi connectivity index (χ1v) is 9.29. The maximum atomic E-state index is 12.1. The van der Waals surface area contributed by atoms with E-state index >= 15 is 0 Å². The van der Waals surface area contributed by atoms with Gasteiger partial charge in [-0.2, -0.15) is 13.5 Å². The maximum Gasteiger partial charge on any atom is 0.252 e. The fourth-order valence-corrected chi connectivity index (χ4v) is 3.06. The van der Waals surface area contributed by atoms with E-state index in [1.807, 2.05) is 20.8 Å². The van der Waals surface area contributed by atoms with Crippen LogP contribution in [0.15, 0.2) is 42.7 Å². The van der Waals surface area contributed by atoms with Crippen LogP contribution in [-0.2, 0) is 13.0 Å². The zero-order valence-corrected chi connectivity index (χ0v) is 17.4. The van der Waals surface area contributed by atoms with Crippen LogP contribution < -0.4 is 5.32 Å². The number of aryl methyl sites for hydroxylation is 1. The topological polar surface area (TPSA) is 65.5 Å². The fourth-order valence-electron chi connectivity index (χ4n) is 3.06. The number of pyridine rings is 1. The number of amides is 1. The zero-order valence-electron chi connectivity index (χ0n) is 16.4. The Morgan fingerprint density at radius 2 is 1.96 bits per heavy atom. The highest BCUT2D eigenvalue weighted by molar-refractivity contribution is 7.59. The molecule has 1 amide bonds. The molecule has 1 aliphatic rings. The van der Waals surface area contributed by atoms with Crippen LogP contribution in [0.4, 0.5) is 0 Å². The molecule has 0 aliphatic carbocycles. The van der Waals surface area contributed by atoms with E-state index in [0.29, 0.717) is 12.1 Å². The van der Waals surface area contributed by atoms with Gasteiger partial charge in [0, 0.05) is 38.6 Å². The van der Waals surface area contributed by atoms with Crippen LogP contribution in [0.3, 0.4) is 0 Å². The molecule has 0 saturated heterocycles. The fraction of sp³-hybridized carbons (Fsp3) is 0.429. The number of hydrogen-bond donors (Lipinski definition) is 2. The van der Waals surface area contributed by atoms with Gasteiger partial charge in [-0.1, -0.05) is 38.1 Å². The molecular formula is C21H31N3O2S. The Bertz CT molecular complexity index is 724. The van der Waals surface area contributed by atoms with E-state index in [1.54, 1.807) is 12.3 Å². The molecule has 27 heavy (non-hydrogen) atoms. The van der Waals surface area contributed by atoms with Crippen LogP contribution in [0.2, 0.25) is 0 Å². The van der Waals surface area contributed by atoms with E-state index in [4.69, 9.17) is 0 Å². The summed E-state index contributed by atoms with van der Waals surface area (Å²) in [6.45, 7) is 8.48. The van der Waals surface area contributed by atoms with Crippen LogP contribution in [0.5, 0.6) is 0 Å². The van der Waals surface area contributed by atoms with Gasteiger partial charge >= 0.3 is 0 Å². The third-order valence-electron chi connectivity index (χ3n) is 4.31. The number of benzene rings is 1. The predicted octanol–water partition coefficient (Wildman–Crippen LogP) is 2.68. The second-order valence-corrected chi connectivity index (χ2v) is 6.37. The minimum absolute atomic E-state index is 0. The summed E-state index contributed by atoms with van der Waals surface area (Å²) < 4.78 is 0. The van der Waals surface area contributed by atoms with Crippen molar-refractivity contribution in [3.63, 3.8) is 0 Å². The van der Waals surface area contributed by atoms with Crippen molar-refractivity contribution in [3.8, 4) is 0 Å². The Morgan fingerprint density at radius 1 is 1.26 bits per heavy atom. The van der Waals surface area contributed by atoms with Crippen molar-refractivity contribution in [1.82, 2.24) is 15.2 Å². The number of nitrogens with zero attached hydrogens (tertiary/aromatic N) is 2. The molecule has 0 radical (unpaired) electrons. The second kappa shape index (κ2) is 11.7. The summed E-state index contributed by atoms with van der Waals surface area (Å²) in [6, 6.07) is 10.2. The van der Waals surface area contributed by atoms with Gasteiger partial charge in [-0.05, 0) is 36.1 Å². The van der Waals surface area contributed by atoms with Crippen LogP contribution in [0, 0.1) is 6.92 Å². The van der Waals surface area contributed by atoms with Crippen molar-refractivity contribution < 1.29 is 9.90 Å². The maximum absolute atomic E-state index is 12.1. The van der Waals surface area contributed by atoms with Gasteiger partial charge in [0.2, 0.25) is 0 Å². The zero-order chi connectivity index (χ0) is 18.9. The molecule has 0 spiro atoms. The number of nitrogens with one attached hydrogen (secondary N) is 1. The highest BCUT2D eigenvalue weighted by atomic mass is 32.1. The number of carbonyl (C=O) groups is 1. The largest absolute Gasteiger partial charge is 0.390 e. The molecule has 0 saturated carbocycles. The number of carbonyl (C=O) groups excluding carboxylic acids is 1. The minimum Gasteiger partial charge on any atom is -0.390 e. The number of fused-ring (bicyclic) bond motifs is 1. The number of aliphatic hydroxyl groups is 1. The molecule has 0 bridgehead atoms. The quantitative estimate of drug-likeness (QED) is 0.825. The molecule has 0 fully saturated rings. The van der Waals surface area contributed by atoms with Gasteiger partial charge in [-0.15, -0.1) is 0 Å². The average molecular weight is 390 g/mol. The Kier molecular flexibility index (Phi) is 10.1. The molecule has 2 N–H and O–H groups in total. The minimum atomic E-state index is -0.586. The summed E-state index contributed by atoms with van der Waals surface area (Å²) >= 11 is 0. The van der Waals surface area contributed by atoms with Crippen molar-refractivity contribution in [2.45, 2.75) is 39.8 Å². The van der Waals surface area contributed by atoms with Crippen LogP contribution >= 0.6 is 13.5 Å². The highest BCUT2D eigenvalue weighted by Crippen LogP contribution is 2.18. The van der Waals surface area contributed by atoms with Gasteiger partial charge in [0.25, 0.3) is 5.91 Å². The first-order valence-electron chi connectivity index (χ1n) is 9.29. The van der Waals surface area contributed by atoms with Gasteiger partial charge in [0.1, 0.15) is 0 Å².